The molecule has 1 heterocycles. The highest BCUT2D eigenvalue weighted by Crippen LogP contribution is 2.20. The van der Waals surface area contributed by atoms with Gasteiger partial charge in [0, 0.05) is 37.6 Å². The van der Waals surface area contributed by atoms with Crippen molar-refractivity contribution in [2.45, 2.75) is 19.4 Å². The number of benzene rings is 2. The molecule has 1 amide bonds. The van der Waals surface area contributed by atoms with Crippen LogP contribution in [-0.4, -0.2) is 22.8 Å². The van der Waals surface area contributed by atoms with E-state index >= 15 is 0 Å². The molecule has 0 spiro atoms. The van der Waals surface area contributed by atoms with Gasteiger partial charge in [0.25, 0.3) is 0 Å². The smallest absolute Gasteiger partial charge is 0.223 e. The van der Waals surface area contributed by atoms with E-state index in [4.69, 9.17) is 4.42 Å². The van der Waals surface area contributed by atoms with Gasteiger partial charge in [-0.3, -0.25) is 4.79 Å². The first-order chi connectivity index (χ1) is 12.1. The number of hydrogen-bond acceptors (Lipinski definition) is 3. The molecule has 0 unspecified atom stereocenters. The van der Waals surface area contributed by atoms with Crippen molar-refractivity contribution in [2.75, 3.05) is 7.05 Å². The summed E-state index contributed by atoms with van der Waals surface area (Å²) in [5, 5.41) is 0. The quantitative estimate of drug-likeness (QED) is 0.680. The molecule has 0 saturated heterocycles. The van der Waals surface area contributed by atoms with Crippen molar-refractivity contribution in [3.63, 3.8) is 0 Å². The molecule has 0 atom stereocenters. The first-order valence-electron chi connectivity index (χ1n) is 8.11. The van der Waals surface area contributed by atoms with Crippen molar-refractivity contribution in [3.8, 4) is 11.3 Å². The predicted molar refractivity (Wildman–Crippen MR) is 93.1 cm³/mol. The predicted octanol–water partition coefficient (Wildman–Crippen LogP) is 4.07. The minimum absolute atomic E-state index is 0.0808. The lowest BCUT2D eigenvalue weighted by Gasteiger charge is -2.17. The summed E-state index contributed by atoms with van der Waals surface area (Å²) in [6, 6.07) is 16.1. The number of carbonyl (C=O) groups is 1. The van der Waals surface area contributed by atoms with E-state index in [9.17, 15) is 9.18 Å². The number of amides is 1. The first kappa shape index (κ1) is 16.9. The lowest BCUT2D eigenvalue weighted by Crippen LogP contribution is -2.26. The number of oxazole rings is 1. The fraction of sp³-hybridized carbons (Fsp3) is 0.200. The number of carbonyl (C=O) groups excluding carboxylic acids is 1. The molecule has 2 aromatic carbocycles. The SMILES string of the molecule is CN(Cc1ccccc1F)C(=O)CCc1ncc(-c2ccccc2)o1. The average Bonchev–Trinajstić information content (AvgIpc) is 3.11. The van der Waals surface area contributed by atoms with E-state index in [0.717, 1.165) is 5.56 Å². The zero-order valence-electron chi connectivity index (χ0n) is 14.0. The number of aryl methyl sites for hydroxylation is 1. The van der Waals surface area contributed by atoms with Gasteiger partial charge in [0.2, 0.25) is 5.91 Å². The number of halogens is 1. The van der Waals surface area contributed by atoms with E-state index in [0.29, 0.717) is 23.6 Å². The molecule has 3 rings (SSSR count). The van der Waals surface area contributed by atoms with Crippen LogP contribution in [-0.2, 0) is 17.8 Å². The van der Waals surface area contributed by atoms with Crippen LogP contribution in [0.3, 0.4) is 0 Å². The van der Waals surface area contributed by atoms with Gasteiger partial charge in [-0.05, 0) is 6.07 Å². The van der Waals surface area contributed by atoms with Crippen LogP contribution in [0.5, 0.6) is 0 Å². The van der Waals surface area contributed by atoms with Gasteiger partial charge < -0.3 is 9.32 Å². The van der Waals surface area contributed by atoms with Gasteiger partial charge in [-0.15, -0.1) is 0 Å². The van der Waals surface area contributed by atoms with E-state index in [2.05, 4.69) is 4.98 Å². The fourth-order valence-corrected chi connectivity index (χ4v) is 2.54. The Morgan fingerprint density at radius 1 is 1.12 bits per heavy atom. The Bertz CT molecular complexity index is 846. The van der Waals surface area contributed by atoms with Crippen LogP contribution < -0.4 is 0 Å². The largest absolute Gasteiger partial charge is 0.441 e. The highest BCUT2D eigenvalue weighted by atomic mass is 19.1. The summed E-state index contributed by atoms with van der Waals surface area (Å²) in [6.07, 6.45) is 2.34. The summed E-state index contributed by atoms with van der Waals surface area (Å²) in [6.45, 7) is 0.242. The van der Waals surface area contributed by atoms with Gasteiger partial charge in [-0.2, -0.15) is 0 Å². The van der Waals surface area contributed by atoms with Crippen LogP contribution in [0.25, 0.3) is 11.3 Å². The molecular weight excluding hydrogens is 319 g/mol. The third kappa shape index (κ3) is 4.32. The summed E-state index contributed by atoms with van der Waals surface area (Å²) in [7, 11) is 1.67. The molecule has 0 N–H and O–H groups in total. The Hall–Kier alpha value is -2.95. The second-order valence-electron chi connectivity index (χ2n) is 5.83. The van der Waals surface area contributed by atoms with Gasteiger partial charge >= 0.3 is 0 Å². The van der Waals surface area contributed by atoms with Gasteiger partial charge in [0.05, 0.1) is 6.20 Å². The molecule has 0 aliphatic rings. The molecule has 0 bridgehead atoms. The zero-order valence-corrected chi connectivity index (χ0v) is 14.0. The van der Waals surface area contributed by atoms with Crippen molar-refractivity contribution in [1.29, 1.82) is 0 Å². The lowest BCUT2D eigenvalue weighted by molar-refractivity contribution is -0.130. The topological polar surface area (TPSA) is 46.3 Å². The highest BCUT2D eigenvalue weighted by molar-refractivity contribution is 5.76. The third-order valence-electron chi connectivity index (χ3n) is 3.96. The Labute approximate surface area is 145 Å². The van der Waals surface area contributed by atoms with Crippen LogP contribution in [0.1, 0.15) is 17.9 Å². The van der Waals surface area contributed by atoms with Gasteiger partial charge in [0.15, 0.2) is 11.7 Å². The molecule has 0 aliphatic heterocycles. The Balaban J connectivity index is 1.55. The molecule has 1 aromatic heterocycles. The normalized spacial score (nSPS) is 10.6. The van der Waals surface area contributed by atoms with E-state index in [-0.39, 0.29) is 24.7 Å². The Kier molecular flexibility index (Phi) is 5.23. The van der Waals surface area contributed by atoms with Crippen molar-refractivity contribution in [3.05, 3.63) is 78.1 Å². The molecule has 5 heteroatoms. The second kappa shape index (κ2) is 7.75. The monoisotopic (exact) mass is 338 g/mol. The molecule has 0 aliphatic carbocycles. The number of aromatic nitrogens is 1. The van der Waals surface area contributed by atoms with Crippen LogP contribution >= 0.6 is 0 Å². The second-order valence-corrected chi connectivity index (χ2v) is 5.83. The molecular formula is C20H19FN2O2. The summed E-state index contributed by atoms with van der Waals surface area (Å²) in [5.41, 5.74) is 1.45. The van der Waals surface area contributed by atoms with E-state index in [1.54, 1.807) is 31.4 Å². The molecule has 0 fully saturated rings. The molecule has 3 aromatic rings. The minimum atomic E-state index is -0.303. The maximum Gasteiger partial charge on any atom is 0.223 e. The summed E-state index contributed by atoms with van der Waals surface area (Å²) < 4.78 is 19.4. The lowest BCUT2D eigenvalue weighted by atomic mass is 10.2. The third-order valence-corrected chi connectivity index (χ3v) is 3.96. The van der Waals surface area contributed by atoms with Gasteiger partial charge in [-0.25, -0.2) is 9.37 Å². The standard InChI is InChI=1S/C20H19FN2O2/c1-23(14-16-9-5-6-10-17(16)21)20(24)12-11-19-22-13-18(25-19)15-7-3-2-4-8-15/h2-10,13H,11-12,14H2,1H3. The molecule has 25 heavy (non-hydrogen) atoms. The minimum Gasteiger partial charge on any atom is -0.441 e. The Morgan fingerprint density at radius 2 is 1.84 bits per heavy atom. The van der Waals surface area contributed by atoms with Gasteiger partial charge in [0.1, 0.15) is 5.82 Å². The molecule has 128 valence electrons. The van der Waals surface area contributed by atoms with Crippen LogP contribution in [0, 0.1) is 5.82 Å². The summed E-state index contributed by atoms with van der Waals surface area (Å²) in [5.74, 6) is 0.819. The zero-order chi connectivity index (χ0) is 17.6. The van der Waals surface area contributed by atoms with Crippen LogP contribution in [0.4, 0.5) is 4.39 Å². The molecule has 0 radical (unpaired) electrons. The van der Waals surface area contributed by atoms with E-state index in [1.807, 2.05) is 30.3 Å². The van der Waals surface area contributed by atoms with E-state index in [1.165, 1.54) is 11.0 Å². The summed E-state index contributed by atoms with van der Waals surface area (Å²) in [4.78, 5) is 18.0. The van der Waals surface area contributed by atoms with Crippen molar-refractivity contribution >= 4 is 5.91 Å². The van der Waals surface area contributed by atoms with E-state index < -0.39 is 0 Å². The number of hydrogen-bond donors (Lipinski definition) is 0. The maximum atomic E-state index is 13.7. The van der Waals surface area contributed by atoms with Crippen molar-refractivity contribution in [1.82, 2.24) is 9.88 Å². The summed E-state index contributed by atoms with van der Waals surface area (Å²) >= 11 is 0. The van der Waals surface area contributed by atoms with Gasteiger partial charge in [-0.1, -0.05) is 48.5 Å². The maximum absolute atomic E-state index is 13.7. The van der Waals surface area contributed by atoms with Crippen LogP contribution in [0.2, 0.25) is 0 Å². The molecule has 4 nitrogen and oxygen atoms in total. The fourth-order valence-electron chi connectivity index (χ4n) is 2.54. The van der Waals surface area contributed by atoms with Crippen molar-refractivity contribution in [2.24, 2.45) is 0 Å². The first-order valence-corrected chi connectivity index (χ1v) is 8.11. The molecule has 0 saturated carbocycles. The van der Waals surface area contributed by atoms with Crippen LogP contribution in [0.15, 0.2) is 65.2 Å². The van der Waals surface area contributed by atoms with Crippen molar-refractivity contribution < 1.29 is 13.6 Å². The number of rotatable bonds is 6. The number of nitrogens with zero attached hydrogens (tertiary/aromatic N) is 2. The average molecular weight is 338 g/mol. The highest BCUT2D eigenvalue weighted by Gasteiger charge is 2.13. The Morgan fingerprint density at radius 3 is 2.60 bits per heavy atom.